The number of rotatable bonds is 5. The number of hydrogen-bond donors (Lipinski definition) is 2. The number of anilines is 1. The largest absolute Gasteiger partial charge is 0.384 e. The molecule has 0 fully saturated rings. The van der Waals surface area contributed by atoms with Gasteiger partial charge in [-0.3, -0.25) is 0 Å². The van der Waals surface area contributed by atoms with Gasteiger partial charge in [-0.15, -0.1) is 0 Å². The van der Waals surface area contributed by atoms with Gasteiger partial charge < -0.3 is 11.1 Å². The lowest BCUT2D eigenvalue weighted by atomic mass is 9.96. The fourth-order valence-electron chi connectivity index (χ4n) is 1.63. The molecule has 1 rings (SSSR count). The lowest BCUT2D eigenvalue weighted by Gasteiger charge is -2.21. The Balaban J connectivity index is 2.64. The van der Waals surface area contributed by atoms with E-state index in [9.17, 15) is 0 Å². The van der Waals surface area contributed by atoms with Crippen LogP contribution in [0.2, 0.25) is 0 Å². The third-order valence-corrected chi connectivity index (χ3v) is 3.93. The van der Waals surface area contributed by atoms with Crippen molar-refractivity contribution in [3.8, 4) is 0 Å². The predicted molar refractivity (Wildman–Crippen MR) is 74.8 cm³/mol. The van der Waals surface area contributed by atoms with E-state index in [0.29, 0.717) is 11.8 Å². The summed E-state index contributed by atoms with van der Waals surface area (Å²) in [6.07, 6.45) is 0. The molecule has 0 bridgehead atoms. The average molecular weight is 285 g/mol. The van der Waals surface area contributed by atoms with Gasteiger partial charge >= 0.3 is 0 Å². The summed E-state index contributed by atoms with van der Waals surface area (Å²) in [4.78, 5) is 0. The quantitative estimate of drug-likeness (QED) is 0.870. The Labute approximate surface area is 107 Å². The van der Waals surface area contributed by atoms with Crippen LogP contribution in [-0.2, 0) is 0 Å². The first kappa shape index (κ1) is 13.5. The van der Waals surface area contributed by atoms with Gasteiger partial charge in [0.2, 0.25) is 0 Å². The molecule has 1 unspecified atom stereocenters. The van der Waals surface area contributed by atoms with Crippen molar-refractivity contribution in [1.29, 1.82) is 0 Å². The van der Waals surface area contributed by atoms with Crippen LogP contribution in [0.1, 0.15) is 19.4 Å². The van der Waals surface area contributed by atoms with Crippen molar-refractivity contribution < 1.29 is 0 Å². The molecule has 0 aliphatic rings. The Bertz CT molecular complexity index is 337. The zero-order chi connectivity index (χ0) is 12.1. The summed E-state index contributed by atoms with van der Waals surface area (Å²) in [7, 11) is 0. The Hall–Kier alpha value is -0.540. The second-order valence-corrected chi connectivity index (χ2v) is 5.39. The zero-order valence-electron chi connectivity index (χ0n) is 10.3. The fraction of sp³-hybridized carbons (Fsp3) is 0.538. The third-order valence-electron chi connectivity index (χ3n) is 3.07. The van der Waals surface area contributed by atoms with E-state index in [0.717, 1.165) is 17.6 Å². The van der Waals surface area contributed by atoms with Gasteiger partial charge in [0.1, 0.15) is 0 Å². The normalized spacial score (nSPS) is 12.9. The Kier molecular flexibility index (Phi) is 5.29. The number of hydrogen-bond acceptors (Lipinski definition) is 2. The summed E-state index contributed by atoms with van der Waals surface area (Å²) in [5.41, 5.74) is 8.20. The van der Waals surface area contributed by atoms with Crippen molar-refractivity contribution in [1.82, 2.24) is 0 Å². The smallest absolute Gasteiger partial charge is 0.0381 e. The fourth-order valence-corrected chi connectivity index (χ4v) is 2.00. The molecule has 0 spiro atoms. The van der Waals surface area contributed by atoms with Crippen molar-refractivity contribution >= 4 is 21.6 Å². The van der Waals surface area contributed by atoms with E-state index in [1.54, 1.807) is 0 Å². The molecule has 1 aromatic rings. The van der Waals surface area contributed by atoms with Crippen LogP contribution in [-0.4, -0.2) is 13.1 Å². The minimum absolute atomic E-state index is 0.526. The SMILES string of the molecule is Cc1c(Br)cccc1NCC(CN)C(C)C. The van der Waals surface area contributed by atoms with Gasteiger partial charge in [0, 0.05) is 16.7 Å². The van der Waals surface area contributed by atoms with E-state index in [-0.39, 0.29) is 0 Å². The molecule has 90 valence electrons. The molecular weight excluding hydrogens is 264 g/mol. The standard InChI is InChI=1S/C13H21BrN2/c1-9(2)11(7-15)8-16-13-6-4-5-12(14)10(13)3/h4-6,9,11,16H,7-8,15H2,1-3H3. The van der Waals surface area contributed by atoms with Crippen LogP contribution in [0.5, 0.6) is 0 Å². The van der Waals surface area contributed by atoms with Gasteiger partial charge in [0.25, 0.3) is 0 Å². The first-order chi connectivity index (χ1) is 7.56. The second kappa shape index (κ2) is 6.26. The van der Waals surface area contributed by atoms with E-state index < -0.39 is 0 Å². The molecule has 3 heteroatoms. The zero-order valence-corrected chi connectivity index (χ0v) is 11.8. The molecule has 0 heterocycles. The molecule has 1 atom stereocenters. The number of benzene rings is 1. The van der Waals surface area contributed by atoms with E-state index in [1.807, 2.05) is 6.07 Å². The van der Waals surface area contributed by atoms with Crippen molar-refractivity contribution in [3.63, 3.8) is 0 Å². The molecule has 0 saturated carbocycles. The highest BCUT2D eigenvalue weighted by molar-refractivity contribution is 9.10. The third kappa shape index (κ3) is 3.49. The average Bonchev–Trinajstić information content (AvgIpc) is 2.24. The molecule has 1 aromatic carbocycles. The molecule has 0 aliphatic carbocycles. The first-order valence-corrected chi connectivity index (χ1v) is 6.54. The Morgan fingerprint density at radius 3 is 2.62 bits per heavy atom. The predicted octanol–water partition coefficient (Wildman–Crippen LogP) is 3.40. The van der Waals surface area contributed by atoms with Crippen molar-refractivity contribution in [3.05, 3.63) is 28.2 Å². The first-order valence-electron chi connectivity index (χ1n) is 5.75. The molecule has 0 aromatic heterocycles. The molecule has 16 heavy (non-hydrogen) atoms. The maximum Gasteiger partial charge on any atom is 0.0381 e. The van der Waals surface area contributed by atoms with Crippen LogP contribution >= 0.6 is 15.9 Å². The lowest BCUT2D eigenvalue weighted by molar-refractivity contribution is 0.413. The number of nitrogens with two attached hydrogens (primary N) is 1. The van der Waals surface area contributed by atoms with Gasteiger partial charge in [0.05, 0.1) is 0 Å². The molecule has 2 nitrogen and oxygen atoms in total. The van der Waals surface area contributed by atoms with Gasteiger partial charge in [-0.05, 0) is 43.0 Å². The Morgan fingerprint density at radius 1 is 1.38 bits per heavy atom. The van der Waals surface area contributed by atoms with Gasteiger partial charge in [-0.1, -0.05) is 35.8 Å². The molecule has 0 amide bonds. The van der Waals surface area contributed by atoms with E-state index in [4.69, 9.17) is 5.73 Å². The monoisotopic (exact) mass is 284 g/mol. The molecule has 3 N–H and O–H groups in total. The maximum absolute atomic E-state index is 5.76. The summed E-state index contributed by atoms with van der Waals surface area (Å²) in [5.74, 6) is 1.14. The van der Waals surface area contributed by atoms with Crippen LogP contribution in [0.25, 0.3) is 0 Å². The van der Waals surface area contributed by atoms with E-state index in [1.165, 1.54) is 11.3 Å². The minimum Gasteiger partial charge on any atom is -0.384 e. The highest BCUT2D eigenvalue weighted by Crippen LogP contribution is 2.24. The Morgan fingerprint density at radius 2 is 2.06 bits per heavy atom. The van der Waals surface area contributed by atoms with Gasteiger partial charge in [-0.2, -0.15) is 0 Å². The summed E-state index contributed by atoms with van der Waals surface area (Å²) in [5, 5.41) is 3.48. The molecular formula is C13H21BrN2. The number of halogens is 1. The molecule has 0 radical (unpaired) electrons. The lowest BCUT2D eigenvalue weighted by Crippen LogP contribution is -2.27. The highest BCUT2D eigenvalue weighted by atomic mass is 79.9. The summed E-state index contributed by atoms with van der Waals surface area (Å²) in [6, 6.07) is 6.21. The summed E-state index contributed by atoms with van der Waals surface area (Å²) < 4.78 is 1.14. The van der Waals surface area contributed by atoms with Crippen molar-refractivity contribution in [2.24, 2.45) is 17.6 Å². The second-order valence-electron chi connectivity index (χ2n) is 4.53. The van der Waals surface area contributed by atoms with Crippen LogP contribution in [0, 0.1) is 18.8 Å². The minimum atomic E-state index is 0.526. The van der Waals surface area contributed by atoms with E-state index >= 15 is 0 Å². The van der Waals surface area contributed by atoms with Crippen LogP contribution in [0.15, 0.2) is 22.7 Å². The topological polar surface area (TPSA) is 38.0 Å². The molecule has 0 saturated heterocycles. The van der Waals surface area contributed by atoms with E-state index in [2.05, 4.69) is 54.2 Å². The number of nitrogens with one attached hydrogen (secondary N) is 1. The molecule has 0 aliphatic heterocycles. The van der Waals surface area contributed by atoms with Gasteiger partial charge in [-0.25, -0.2) is 0 Å². The van der Waals surface area contributed by atoms with Crippen molar-refractivity contribution in [2.75, 3.05) is 18.4 Å². The van der Waals surface area contributed by atoms with Crippen LogP contribution in [0.4, 0.5) is 5.69 Å². The van der Waals surface area contributed by atoms with Crippen LogP contribution in [0.3, 0.4) is 0 Å². The van der Waals surface area contributed by atoms with Crippen molar-refractivity contribution in [2.45, 2.75) is 20.8 Å². The van der Waals surface area contributed by atoms with Gasteiger partial charge in [0.15, 0.2) is 0 Å². The summed E-state index contributed by atoms with van der Waals surface area (Å²) in [6.45, 7) is 8.21. The maximum atomic E-state index is 5.76. The van der Waals surface area contributed by atoms with Crippen LogP contribution < -0.4 is 11.1 Å². The highest BCUT2D eigenvalue weighted by Gasteiger charge is 2.11. The summed E-state index contributed by atoms with van der Waals surface area (Å²) >= 11 is 3.53.